The molecule has 3 amide bonds. The Hall–Kier alpha value is -3.76. The third-order valence-corrected chi connectivity index (χ3v) is 7.52. The second kappa shape index (κ2) is 9.36. The van der Waals surface area contributed by atoms with Crippen molar-refractivity contribution in [3.8, 4) is 0 Å². The average Bonchev–Trinajstić information content (AvgIpc) is 3.53. The number of carbonyl (C=O) groups excluding carboxylic acids is 2. The zero-order valence-electron chi connectivity index (χ0n) is 20.7. The molecule has 186 valence electrons. The number of rotatable bonds is 6. The van der Waals surface area contributed by atoms with Gasteiger partial charge in [-0.3, -0.25) is 9.89 Å². The van der Waals surface area contributed by atoms with Crippen LogP contribution in [0.15, 0.2) is 54.6 Å². The largest absolute Gasteiger partial charge is 0.330 e. The highest BCUT2D eigenvalue weighted by atomic mass is 32.1. The Morgan fingerprint density at radius 3 is 2.58 bits per heavy atom. The van der Waals surface area contributed by atoms with Gasteiger partial charge in [-0.05, 0) is 45.6 Å². The first-order chi connectivity index (χ1) is 17.2. The van der Waals surface area contributed by atoms with Crippen LogP contribution in [0.1, 0.15) is 46.5 Å². The number of H-pyrrole nitrogens is 1. The van der Waals surface area contributed by atoms with Crippen LogP contribution in [-0.2, 0) is 12.1 Å². The number of para-hydroxylation sites is 1. The van der Waals surface area contributed by atoms with E-state index in [4.69, 9.17) is 0 Å². The first-order valence-electron chi connectivity index (χ1n) is 11.8. The molecule has 1 aliphatic rings. The monoisotopic (exact) mass is 503 g/mol. The molecule has 10 heteroatoms. The molecule has 0 aliphatic carbocycles. The maximum atomic E-state index is 13.5. The van der Waals surface area contributed by atoms with E-state index in [1.54, 1.807) is 4.90 Å². The van der Waals surface area contributed by atoms with Gasteiger partial charge in [-0.2, -0.15) is 5.10 Å². The van der Waals surface area contributed by atoms with Crippen molar-refractivity contribution in [1.29, 1.82) is 0 Å². The summed E-state index contributed by atoms with van der Waals surface area (Å²) in [5.74, 6) is 0.104. The topological polar surface area (TPSA) is 106 Å². The average molecular weight is 504 g/mol. The van der Waals surface area contributed by atoms with Gasteiger partial charge in [-0.1, -0.05) is 42.5 Å². The van der Waals surface area contributed by atoms with E-state index in [9.17, 15) is 9.59 Å². The van der Waals surface area contributed by atoms with E-state index < -0.39 is 5.54 Å². The number of anilines is 1. The number of benzene rings is 2. The lowest BCUT2D eigenvalue weighted by molar-refractivity contribution is 0.102. The molecule has 36 heavy (non-hydrogen) atoms. The molecule has 0 fully saturated rings. The minimum Gasteiger partial charge on any atom is -0.330 e. The Morgan fingerprint density at radius 1 is 1.14 bits per heavy atom. The van der Waals surface area contributed by atoms with Crippen molar-refractivity contribution in [2.75, 3.05) is 26.0 Å². The second-order valence-electron chi connectivity index (χ2n) is 9.69. The number of aromatic nitrogens is 3. The van der Waals surface area contributed by atoms with Gasteiger partial charge in [0.05, 0.1) is 34.0 Å². The van der Waals surface area contributed by atoms with Crippen LogP contribution in [0.4, 0.5) is 10.6 Å². The fraction of sp³-hybridized carbons (Fsp3) is 0.308. The van der Waals surface area contributed by atoms with Crippen molar-refractivity contribution >= 4 is 39.3 Å². The van der Waals surface area contributed by atoms with E-state index in [2.05, 4.69) is 30.7 Å². The third-order valence-electron chi connectivity index (χ3n) is 6.48. The lowest BCUT2D eigenvalue weighted by Gasteiger charge is -2.34. The molecule has 2 aromatic carbocycles. The number of nitrogens with zero attached hydrogens (tertiary/aromatic N) is 4. The molecule has 0 bridgehead atoms. The molecule has 1 aliphatic heterocycles. The van der Waals surface area contributed by atoms with Gasteiger partial charge in [0.1, 0.15) is 0 Å². The molecular weight excluding hydrogens is 474 g/mol. The Morgan fingerprint density at radius 2 is 1.86 bits per heavy atom. The second-order valence-corrected chi connectivity index (χ2v) is 10.7. The van der Waals surface area contributed by atoms with Crippen LogP contribution in [0.2, 0.25) is 0 Å². The maximum absolute atomic E-state index is 13.5. The van der Waals surface area contributed by atoms with Gasteiger partial charge in [-0.15, -0.1) is 11.3 Å². The van der Waals surface area contributed by atoms with Crippen molar-refractivity contribution in [2.45, 2.75) is 32.0 Å². The molecule has 3 heterocycles. The summed E-state index contributed by atoms with van der Waals surface area (Å²) in [5.41, 5.74) is 2.80. The molecule has 1 atom stereocenters. The van der Waals surface area contributed by atoms with Crippen LogP contribution < -0.4 is 10.6 Å². The molecule has 0 spiro atoms. The number of nitrogens with one attached hydrogen (secondary N) is 3. The summed E-state index contributed by atoms with van der Waals surface area (Å²) in [4.78, 5) is 34.7. The number of fused-ring (bicyclic) bond motifs is 2. The van der Waals surface area contributed by atoms with E-state index in [1.807, 2.05) is 82.5 Å². The normalized spacial score (nSPS) is 15.2. The molecule has 9 nitrogen and oxygen atoms in total. The van der Waals surface area contributed by atoms with E-state index in [1.165, 1.54) is 11.3 Å². The molecule has 4 aromatic rings. The lowest BCUT2D eigenvalue weighted by atomic mass is 10.0. The number of urea groups is 1. The number of aromatic amines is 1. The molecule has 5 rings (SSSR count). The van der Waals surface area contributed by atoms with Crippen LogP contribution >= 0.6 is 11.3 Å². The van der Waals surface area contributed by atoms with Gasteiger partial charge in [0.25, 0.3) is 5.91 Å². The summed E-state index contributed by atoms with van der Waals surface area (Å²) >= 11 is 1.34. The molecule has 2 aromatic heterocycles. The van der Waals surface area contributed by atoms with Crippen LogP contribution in [0.3, 0.4) is 0 Å². The SMILES string of the molecule is CN(C)CC(NC(=O)N1Cc2c(NC(=O)c3nc4ccccc4s3)n[nH]c2C1(C)C)c1ccccc1. The van der Waals surface area contributed by atoms with E-state index in [-0.39, 0.29) is 18.0 Å². The summed E-state index contributed by atoms with van der Waals surface area (Å²) in [6.45, 7) is 4.93. The van der Waals surface area contributed by atoms with Gasteiger partial charge in [0.2, 0.25) is 0 Å². The fourth-order valence-electron chi connectivity index (χ4n) is 4.59. The highest BCUT2D eigenvalue weighted by Crippen LogP contribution is 2.40. The summed E-state index contributed by atoms with van der Waals surface area (Å²) in [6.07, 6.45) is 0. The standard InChI is InChI=1S/C26H29N7O2S/c1-26(2)21-17(14-33(26)25(35)28-19(15-32(3)4)16-10-6-5-7-11-16)22(31-30-21)29-23(34)24-27-18-12-8-9-13-20(18)36-24/h5-13,19H,14-15H2,1-4H3,(H,28,35)(H2,29,30,31,34). The summed E-state index contributed by atoms with van der Waals surface area (Å²) < 4.78 is 0.949. The van der Waals surface area contributed by atoms with E-state index in [0.29, 0.717) is 23.9 Å². The number of hydrogen-bond acceptors (Lipinski definition) is 6. The van der Waals surface area contributed by atoms with Gasteiger partial charge in [0, 0.05) is 12.1 Å². The fourth-order valence-corrected chi connectivity index (χ4v) is 5.45. The summed E-state index contributed by atoms with van der Waals surface area (Å²) in [7, 11) is 3.97. The first kappa shape index (κ1) is 24.0. The Balaban J connectivity index is 1.34. The van der Waals surface area contributed by atoms with Crippen LogP contribution in [-0.4, -0.2) is 57.6 Å². The predicted molar refractivity (Wildman–Crippen MR) is 141 cm³/mol. The molecule has 0 radical (unpaired) electrons. The van der Waals surface area contributed by atoms with Crippen LogP contribution in [0.5, 0.6) is 0 Å². The smallest absolute Gasteiger partial charge is 0.319 e. The van der Waals surface area contributed by atoms with Crippen molar-refractivity contribution in [3.63, 3.8) is 0 Å². The number of thiazole rings is 1. The first-order valence-corrected chi connectivity index (χ1v) is 12.6. The zero-order valence-corrected chi connectivity index (χ0v) is 21.5. The minimum absolute atomic E-state index is 0.167. The Bertz CT molecular complexity index is 1380. The van der Waals surface area contributed by atoms with Gasteiger partial charge in [0.15, 0.2) is 10.8 Å². The number of hydrogen-bond donors (Lipinski definition) is 3. The maximum Gasteiger partial charge on any atom is 0.319 e. The molecular formula is C26H29N7O2S. The highest BCUT2D eigenvalue weighted by molar-refractivity contribution is 7.20. The number of carbonyl (C=O) groups is 2. The zero-order chi connectivity index (χ0) is 25.4. The molecule has 1 unspecified atom stereocenters. The molecule has 0 saturated heterocycles. The van der Waals surface area contributed by atoms with Crippen molar-refractivity contribution in [2.24, 2.45) is 0 Å². The number of likely N-dealkylation sites (N-methyl/N-ethyl adjacent to an activating group) is 1. The van der Waals surface area contributed by atoms with Gasteiger partial charge < -0.3 is 20.4 Å². The van der Waals surface area contributed by atoms with Gasteiger partial charge in [-0.25, -0.2) is 9.78 Å². The van der Waals surface area contributed by atoms with E-state index in [0.717, 1.165) is 27.0 Å². The molecule has 0 saturated carbocycles. The van der Waals surface area contributed by atoms with Crippen molar-refractivity contribution < 1.29 is 9.59 Å². The summed E-state index contributed by atoms with van der Waals surface area (Å²) in [6, 6.07) is 17.2. The number of amides is 3. The summed E-state index contributed by atoms with van der Waals surface area (Å²) in [5, 5.41) is 13.9. The van der Waals surface area contributed by atoms with Gasteiger partial charge >= 0.3 is 6.03 Å². The quantitative estimate of drug-likeness (QED) is 0.363. The van der Waals surface area contributed by atoms with Crippen molar-refractivity contribution in [1.82, 2.24) is 30.3 Å². The lowest BCUT2D eigenvalue weighted by Crippen LogP contribution is -2.48. The molecule has 3 N–H and O–H groups in total. The third kappa shape index (κ3) is 4.45. The van der Waals surface area contributed by atoms with Crippen LogP contribution in [0.25, 0.3) is 10.2 Å². The minimum atomic E-state index is -0.634. The Labute approximate surface area is 213 Å². The van der Waals surface area contributed by atoms with Crippen molar-refractivity contribution in [3.05, 3.63) is 76.4 Å². The highest BCUT2D eigenvalue weighted by Gasteiger charge is 2.44. The van der Waals surface area contributed by atoms with Crippen LogP contribution in [0, 0.1) is 0 Å². The Kier molecular flexibility index (Phi) is 6.23. The van der Waals surface area contributed by atoms with E-state index >= 15 is 0 Å². The predicted octanol–water partition coefficient (Wildman–Crippen LogP) is 4.33.